The summed E-state index contributed by atoms with van der Waals surface area (Å²) in [6.45, 7) is 5.92. The Morgan fingerprint density at radius 1 is 1.38 bits per heavy atom. The van der Waals surface area contributed by atoms with E-state index in [1.807, 2.05) is 6.92 Å². The maximum absolute atomic E-state index is 12.0. The zero-order chi connectivity index (χ0) is 16.9. The number of rotatable bonds is 6. The molecule has 8 nitrogen and oxygen atoms in total. The quantitative estimate of drug-likeness (QED) is 0.792. The molecule has 9 heteroatoms. The van der Waals surface area contributed by atoms with E-state index in [1.54, 1.807) is 18.4 Å². The highest BCUT2D eigenvalue weighted by atomic mass is 32.1. The molecule has 1 aliphatic heterocycles. The van der Waals surface area contributed by atoms with Crippen molar-refractivity contribution < 1.29 is 14.3 Å². The number of carbonyl (C=O) groups excluding carboxylic acids is 1. The Balaban J connectivity index is 1.39. The predicted octanol–water partition coefficient (Wildman–Crippen LogP) is 0.729. The van der Waals surface area contributed by atoms with Crippen LogP contribution in [0.2, 0.25) is 0 Å². The predicted molar refractivity (Wildman–Crippen MR) is 89.8 cm³/mol. The van der Waals surface area contributed by atoms with Crippen LogP contribution in [0.1, 0.15) is 16.9 Å². The Hall–Kier alpha value is -1.81. The van der Waals surface area contributed by atoms with Crippen LogP contribution < -0.4 is 5.32 Å². The first-order valence-corrected chi connectivity index (χ1v) is 8.68. The van der Waals surface area contributed by atoms with Crippen LogP contribution in [0.5, 0.6) is 0 Å². The molecule has 24 heavy (non-hydrogen) atoms. The van der Waals surface area contributed by atoms with Crippen LogP contribution in [0.4, 0.5) is 5.13 Å². The molecule has 2 aromatic heterocycles. The van der Waals surface area contributed by atoms with Crippen LogP contribution in [0.25, 0.3) is 0 Å². The van der Waals surface area contributed by atoms with Gasteiger partial charge in [-0.05, 0) is 19.1 Å². The molecule has 2 aromatic rings. The van der Waals surface area contributed by atoms with Gasteiger partial charge >= 0.3 is 0 Å². The summed E-state index contributed by atoms with van der Waals surface area (Å²) in [4.78, 5) is 16.3. The maximum atomic E-state index is 12.0. The molecule has 0 aromatic carbocycles. The molecule has 1 aliphatic rings. The summed E-state index contributed by atoms with van der Waals surface area (Å²) in [5.41, 5.74) is 0. The molecular weight excluding hydrogens is 330 g/mol. The SMILES string of the molecule is Cc1nnc(NC(=O)CN2CCN(C[C@H](O)c3ccco3)CC2)s1. The molecule has 0 bridgehead atoms. The fourth-order valence-electron chi connectivity index (χ4n) is 2.65. The molecule has 2 N–H and O–H groups in total. The number of furan rings is 1. The monoisotopic (exact) mass is 351 g/mol. The van der Waals surface area contributed by atoms with Crippen molar-refractivity contribution in [2.45, 2.75) is 13.0 Å². The van der Waals surface area contributed by atoms with Crippen molar-refractivity contribution in [1.29, 1.82) is 0 Å². The third-order valence-electron chi connectivity index (χ3n) is 3.91. The van der Waals surface area contributed by atoms with Crippen molar-refractivity contribution in [1.82, 2.24) is 20.0 Å². The molecule has 1 atom stereocenters. The number of aliphatic hydroxyl groups excluding tert-OH is 1. The van der Waals surface area contributed by atoms with Gasteiger partial charge < -0.3 is 9.52 Å². The zero-order valence-corrected chi connectivity index (χ0v) is 14.3. The molecule has 0 radical (unpaired) electrons. The number of aryl methyl sites for hydroxylation is 1. The zero-order valence-electron chi connectivity index (χ0n) is 13.5. The lowest BCUT2D eigenvalue weighted by molar-refractivity contribution is -0.117. The molecule has 0 unspecified atom stereocenters. The maximum Gasteiger partial charge on any atom is 0.240 e. The minimum absolute atomic E-state index is 0.0739. The van der Waals surface area contributed by atoms with Gasteiger partial charge in [0.1, 0.15) is 16.9 Å². The van der Waals surface area contributed by atoms with E-state index in [1.165, 1.54) is 11.3 Å². The van der Waals surface area contributed by atoms with E-state index in [2.05, 4.69) is 25.3 Å². The highest BCUT2D eigenvalue weighted by Gasteiger charge is 2.22. The fraction of sp³-hybridized carbons (Fsp3) is 0.533. The van der Waals surface area contributed by atoms with Gasteiger partial charge in [-0.15, -0.1) is 10.2 Å². The van der Waals surface area contributed by atoms with Crippen molar-refractivity contribution in [2.75, 3.05) is 44.6 Å². The van der Waals surface area contributed by atoms with E-state index in [0.29, 0.717) is 24.0 Å². The minimum atomic E-state index is -0.615. The fourth-order valence-corrected chi connectivity index (χ4v) is 3.26. The van der Waals surface area contributed by atoms with E-state index in [0.717, 1.165) is 31.2 Å². The summed E-state index contributed by atoms with van der Waals surface area (Å²) in [5, 5.41) is 22.0. The van der Waals surface area contributed by atoms with Gasteiger partial charge in [0.2, 0.25) is 11.0 Å². The Labute approximate surface area is 144 Å². The first kappa shape index (κ1) is 17.0. The summed E-state index contributed by atoms with van der Waals surface area (Å²) in [5.74, 6) is 0.513. The molecule has 0 aliphatic carbocycles. The molecule has 0 saturated carbocycles. The number of aromatic nitrogens is 2. The van der Waals surface area contributed by atoms with E-state index in [-0.39, 0.29) is 5.91 Å². The topological polar surface area (TPSA) is 94.7 Å². The standard InChI is InChI=1S/C15H21N5O3S/c1-11-17-18-15(24-11)16-14(22)10-20-6-4-19(5-7-20)9-12(21)13-3-2-8-23-13/h2-3,8,12,21H,4-7,9-10H2,1H3,(H,16,18,22)/t12-/m0/s1. The van der Waals surface area contributed by atoms with Crippen molar-refractivity contribution in [2.24, 2.45) is 0 Å². The van der Waals surface area contributed by atoms with Crippen molar-refractivity contribution in [3.8, 4) is 0 Å². The van der Waals surface area contributed by atoms with Crippen LogP contribution >= 0.6 is 11.3 Å². The summed E-state index contributed by atoms with van der Waals surface area (Å²) in [6.07, 6.45) is 0.949. The van der Waals surface area contributed by atoms with Gasteiger partial charge in [-0.1, -0.05) is 11.3 Å². The molecule has 1 saturated heterocycles. The van der Waals surface area contributed by atoms with E-state index >= 15 is 0 Å². The average Bonchev–Trinajstić information content (AvgIpc) is 3.21. The van der Waals surface area contributed by atoms with Crippen molar-refractivity contribution in [3.63, 3.8) is 0 Å². The number of carbonyl (C=O) groups is 1. The second-order valence-electron chi connectivity index (χ2n) is 5.78. The van der Waals surface area contributed by atoms with Gasteiger partial charge in [0.05, 0.1) is 12.8 Å². The minimum Gasteiger partial charge on any atom is -0.467 e. The summed E-state index contributed by atoms with van der Waals surface area (Å²) >= 11 is 1.37. The van der Waals surface area contributed by atoms with Crippen LogP contribution in [0.15, 0.2) is 22.8 Å². The van der Waals surface area contributed by atoms with Gasteiger partial charge in [-0.3, -0.25) is 19.9 Å². The molecule has 0 spiro atoms. The first-order chi connectivity index (χ1) is 11.6. The first-order valence-electron chi connectivity index (χ1n) is 7.86. The van der Waals surface area contributed by atoms with Crippen molar-refractivity contribution in [3.05, 3.63) is 29.2 Å². The highest BCUT2D eigenvalue weighted by molar-refractivity contribution is 7.15. The Kier molecular flexibility index (Phi) is 5.56. The number of aliphatic hydroxyl groups is 1. The molecular formula is C15H21N5O3S. The number of amides is 1. The van der Waals surface area contributed by atoms with Crippen LogP contribution in [-0.2, 0) is 4.79 Å². The Bertz CT molecular complexity index is 652. The third kappa shape index (κ3) is 4.60. The largest absolute Gasteiger partial charge is 0.467 e. The smallest absolute Gasteiger partial charge is 0.240 e. The normalized spacial score (nSPS) is 17.8. The number of hydrogen-bond acceptors (Lipinski definition) is 8. The molecule has 1 fully saturated rings. The van der Waals surface area contributed by atoms with E-state index in [4.69, 9.17) is 4.42 Å². The number of nitrogens with one attached hydrogen (secondary N) is 1. The number of nitrogens with zero attached hydrogens (tertiary/aromatic N) is 4. The van der Waals surface area contributed by atoms with Gasteiger partial charge in [-0.2, -0.15) is 0 Å². The van der Waals surface area contributed by atoms with Crippen LogP contribution in [0, 0.1) is 6.92 Å². The summed E-state index contributed by atoms with van der Waals surface area (Å²) < 4.78 is 5.22. The number of hydrogen-bond donors (Lipinski definition) is 2. The second kappa shape index (κ2) is 7.84. The molecule has 130 valence electrons. The Morgan fingerprint density at radius 2 is 2.12 bits per heavy atom. The highest BCUT2D eigenvalue weighted by Crippen LogP contribution is 2.16. The average molecular weight is 351 g/mol. The number of piperazine rings is 1. The van der Waals surface area contributed by atoms with Crippen LogP contribution in [0.3, 0.4) is 0 Å². The van der Waals surface area contributed by atoms with E-state index in [9.17, 15) is 9.90 Å². The van der Waals surface area contributed by atoms with Crippen LogP contribution in [-0.4, -0.2) is 70.3 Å². The Morgan fingerprint density at radius 3 is 2.75 bits per heavy atom. The second-order valence-corrected chi connectivity index (χ2v) is 6.96. The molecule has 3 heterocycles. The molecule has 3 rings (SSSR count). The van der Waals surface area contributed by atoms with Gasteiger partial charge in [-0.25, -0.2) is 0 Å². The number of β-amino-alcohol motifs (C(OH)–C–C–N with tert-alkyl or cyclic N) is 1. The van der Waals surface area contributed by atoms with Gasteiger partial charge in [0.25, 0.3) is 0 Å². The van der Waals surface area contributed by atoms with Gasteiger partial charge in [0.15, 0.2) is 0 Å². The van der Waals surface area contributed by atoms with Crippen molar-refractivity contribution >= 4 is 22.4 Å². The summed E-state index contributed by atoms with van der Waals surface area (Å²) in [7, 11) is 0. The van der Waals surface area contributed by atoms with Gasteiger partial charge in [0, 0.05) is 32.7 Å². The lowest BCUT2D eigenvalue weighted by Gasteiger charge is -2.34. The lowest BCUT2D eigenvalue weighted by atomic mass is 10.2. The summed E-state index contributed by atoms with van der Waals surface area (Å²) in [6, 6.07) is 3.55. The third-order valence-corrected chi connectivity index (χ3v) is 4.66. The van der Waals surface area contributed by atoms with E-state index < -0.39 is 6.10 Å². The lowest BCUT2D eigenvalue weighted by Crippen LogP contribution is -2.49. The number of anilines is 1. The molecule has 1 amide bonds.